The Hall–Kier alpha value is -1.92. The molecule has 2 aromatic rings. The van der Waals surface area contributed by atoms with Gasteiger partial charge in [-0.05, 0) is 18.6 Å². The number of pyridine rings is 1. The molecule has 0 unspecified atom stereocenters. The Bertz CT molecular complexity index is 604. The van der Waals surface area contributed by atoms with Crippen LogP contribution in [0.2, 0.25) is 0 Å². The Labute approximate surface area is 129 Å². The quantitative estimate of drug-likeness (QED) is 0.929. The summed E-state index contributed by atoms with van der Waals surface area (Å²) < 4.78 is 12.1. The predicted octanol–water partition coefficient (Wildman–Crippen LogP) is 1.62. The molecule has 2 fully saturated rings. The summed E-state index contributed by atoms with van der Waals surface area (Å²) in [5, 5.41) is 0. The minimum Gasteiger partial charge on any atom is -0.486 e. The van der Waals surface area contributed by atoms with E-state index in [2.05, 4.69) is 19.9 Å². The van der Waals surface area contributed by atoms with Gasteiger partial charge in [-0.15, -0.1) is 0 Å². The fourth-order valence-corrected chi connectivity index (χ4v) is 3.45. The van der Waals surface area contributed by atoms with E-state index in [0.29, 0.717) is 6.61 Å². The summed E-state index contributed by atoms with van der Waals surface area (Å²) in [6, 6.07) is 3.83. The molecule has 2 aliphatic heterocycles. The summed E-state index contributed by atoms with van der Waals surface area (Å²) >= 11 is 0. The number of ether oxygens (including phenoxy) is 2. The van der Waals surface area contributed by atoms with Crippen molar-refractivity contribution in [1.82, 2.24) is 19.9 Å². The topological polar surface area (TPSA) is 63.3 Å². The van der Waals surface area contributed by atoms with Crippen LogP contribution in [0.1, 0.15) is 18.5 Å². The number of aromatic amines is 1. The second-order valence-electron chi connectivity index (χ2n) is 6.16. The fraction of sp³-hybridized carbons (Fsp3) is 0.500. The van der Waals surface area contributed by atoms with Crippen molar-refractivity contribution in [3.05, 3.63) is 42.7 Å². The van der Waals surface area contributed by atoms with E-state index < -0.39 is 0 Å². The van der Waals surface area contributed by atoms with Crippen LogP contribution in [0.25, 0.3) is 0 Å². The van der Waals surface area contributed by atoms with Crippen molar-refractivity contribution < 1.29 is 9.47 Å². The highest BCUT2D eigenvalue weighted by molar-refractivity contribution is 5.16. The third-order valence-corrected chi connectivity index (χ3v) is 4.46. The Kier molecular flexibility index (Phi) is 3.56. The normalized spacial score (nSPS) is 28.5. The lowest BCUT2D eigenvalue weighted by atomic mass is 9.98. The van der Waals surface area contributed by atoms with Crippen molar-refractivity contribution in [2.24, 2.45) is 0 Å². The van der Waals surface area contributed by atoms with Gasteiger partial charge in [0.05, 0.1) is 24.7 Å². The SMILES string of the molecule is c1cncc(O[C@H]2CO[C@]3(CCN(Cc4cnc[nH]4)C3)C2)c1. The number of imidazole rings is 1. The van der Waals surface area contributed by atoms with Crippen LogP contribution in [0.5, 0.6) is 5.75 Å². The van der Waals surface area contributed by atoms with Gasteiger partial charge in [-0.1, -0.05) is 0 Å². The first-order valence-corrected chi connectivity index (χ1v) is 7.72. The zero-order valence-corrected chi connectivity index (χ0v) is 12.4. The molecule has 0 aliphatic carbocycles. The second-order valence-corrected chi connectivity index (χ2v) is 6.16. The highest BCUT2D eigenvalue weighted by atomic mass is 16.6. The fourth-order valence-electron chi connectivity index (χ4n) is 3.45. The molecule has 6 nitrogen and oxygen atoms in total. The van der Waals surface area contributed by atoms with Crippen LogP contribution in [0, 0.1) is 0 Å². The van der Waals surface area contributed by atoms with E-state index in [-0.39, 0.29) is 11.7 Å². The number of rotatable bonds is 4. The molecule has 0 saturated carbocycles. The van der Waals surface area contributed by atoms with Gasteiger partial charge in [-0.3, -0.25) is 9.88 Å². The molecule has 2 aromatic heterocycles. The summed E-state index contributed by atoms with van der Waals surface area (Å²) in [7, 11) is 0. The standard InChI is InChI=1S/C16H20N4O2/c1-2-14(8-17-4-1)22-15-6-16(21-10-15)3-5-20(11-16)9-13-7-18-12-19-13/h1-2,4,7-8,12,15H,3,5-6,9-11H2,(H,18,19)/t15-,16-/m1/s1. The summed E-state index contributed by atoms with van der Waals surface area (Å²) in [4.78, 5) is 13.7. The molecule has 1 spiro atoms. The van der Waals surface area contributed by atoms with Crippen molar-refractivity contribution in [1.29, 1.82) is 0 Å². The first-order chi connectivity index (χ1) is 10.8. The Morgan fingerprint density at radius 3 is 3.23 bits per heavy atom. The molecule has 4 rings (SSSR count). The predicted molar refractivity (Wildman–Crippen MR) is 80.4 cm³/mol. The molecule has 116 valence electrons. The largest absolute Gasteiger partial charge is 0.486 e. The van der Waals surface area contributed by atoms with E-state index in [9.17, 15) is 0 Å². The maximum atomic E-state index is 6.12. The second kappa shape index (κ2) is 5.70. The highest BCUT2D eigenvalue weighted by Crippen LogP contribution is 2.36. The van der Waals surface area contributed by atoms with Crippen LogP contribution in [-0.4, -0.2) is 51.3 Å². The van der Waals surface area contributed by atoms with Gasteiger partial charge in [0.2, 0.25) is 0 Å². The molecule has 2 saturated heterocycles. The number of hydrogen-bond acceptors (Lipinski definition) is 5. The summed E-state index contributed by atoms with van der Waals surface area (Å²) in [6.45, 7) is 3.57. The Balaban J connectivity index is 1.34. The van der Waals surface area contributed by atoms with Crippen molar-refractivity contribution >= 4 is 0 Å². The lowest BCUT2D eigenvalue weighted by Gasteiger charge is -2.23. The third kappa shape index (κ3) is 2.84. The average molecular weight is 300 g/mol. The van der Waals surface area contributed by atoms with Crippen LogP contribution in [0.3, 0.4) is 0 Å². The molecule has 0 amide bonds. The molecular weight excluding hydrogens is 280 g/mol. The number of aromatic nitrogens is 3. The van der Waals surface area contributed by atoms with Crippen LogP contribution >= 0.6 is 0 Å². The zero-order chi connectivity index (χ0) is 14.8. The molecule has 6 heteroatoms. The molecule has 0 bridgehead atoms. The van der Waals surface area contributed by atoms with Gasteiger partial charge in [0.15, 0.2) is 0 Å². The monoisotopic (exact) mass is 300 g/mol. The maximum absolute atomic E-state index is 6.12. The molecule has 22 heavy (non-hydrogen) atoms. The number of H-pyrrole nitrogens is 1. The molecule has 0 aromatic carbocycles. The highest BCUT2D eigenvalue weighted by Gasteiger charge is 2.46. The zero-order valence-electron chi connectivity index (χ0n) is 12.4. The molecule has 4 heterocycles. The van der Waals surface area contributed by atoms with E-state index in [0.717, 1.165) is 43.9 Å². The lowest BCUT2D eigenvalue weighted by Crippen LogP contribution is -2.33. The van der Waals surface area contributed by atoms with Crippen LogP contribution in [0.15, 0.2) is 37.1 Å². The maximum Gasteiger partial charge on any atom is 0.138 e. The van der Waals surface area contributed by atoms with Crippen LogP contribution < -0.4 is 4.74 Å². The molecule has 1 N–H and O–H groups in total. The third-order valence-electron chi connectivity index (χ3n) is 4.46. The van der Waals surface area contributed by atoms with E-state index in [1.165, 1.54) is 0 Å². The van der Waals surface area contributed by atoms with Crippen molar-refractivity contribution in [3.63, 3.8) is 0 Å². The number of nitrogens with one attached hydrogen (secondary N) is 1. The smallest absolute Gasteiger partial charge is 0.138 e. The van der Waals surface area contributed by atoms with Crippen LogP contribution in [0.4, 0.5) is 0 Å². The van der Waals surface area contributed by atoms with Crippen LogP contribution in [-0.2, 0) is 11.3 Å². The minimum atomic E-state index is -0.0487. The molecule has 0 radical (unpaired) electrons. The summed E-state index contributed by atoms with van der Waals surface area (Å²) in [5.74, 6) is 0.820. The van der Waals surface area contributed by atoms with Crippen molar-refractivity contribution in [2.45, 2.75) is 31.1 Å². The minimum absolute atomic E-state index is 0.0487. The van der Waals surface area contributed by atoms with Gasteiger partial charge >= 0.3 is 0 Å². The van der Waals surface area contributed by atoms with Gasteiger partial charge in [-0.25, -0.2) is 4.98 Å². The van der Waals surface area contributed by atoms with Gasteiger partial charge in [-0.2, -0.15) is 0 Å². The molecule has 2 atom stereocenters. The molecular formula is C16H20N4O2. The van der Waals surface area contributed by atoms with E-state index in [1.54, 1.807) is 18.7 Å². The Morgan fingerprint density at radius 2 is 2.41 bits per heavy atom. The first-order valence-electron chi connectivity index (χ1n) is 7.72. The average Bonchev–Trinajstić information content (AvgIpc) is 3.25. The first kappa shape index (κ1) is 13.7. The van der Waals surface area contributed by atoms with Crippen molar-refractivity contribution in [3.8, 4) is 5.75 Å². The lowest BCUT2D eigenvalue weighted by molar-refractivity contribution is 0.00927. The van der Waals surface area contributed by atoms with Gasteiger partial charge in [0, 0.05) is 44.1 Å². The van der Waals surface area contributed by atoms with E-state index in [4.69, 9.17) is 9.47 Å². The number of hydrogen-bond donors (Lipinski definition) is 1. The number of nitrogens with zero attached hydrogens (tertiary/aromatic N) is 3. The number of likely N-dealkylation sites (tertiary alicyclic amines) is 1. The van der Waals surface area contributed by atoms with Gasteiger partial charge in [0.25, 0.3) is 0 Å². The Morgan fingerprint density at radius 1 is 1.41 bits per heavy atom. The van der Waals surface area contributed by atoms with Gasteiger partial charge in [0.1, 0.15) is 11.9 Å². The van der Waals surface area contributed by atoms with Crippen molar-refractivity contribution in [2.75, 3.05) is 19.7 Å². The molecule has 2 aliphatic rings. The van der Waals surface area contributed by atoms with E-state index >= 15 is 0 Å². The van der Waals surface area contributed by atoms with E-state index in [1.807, 2.05) is 18.3 Å². The summed E-state index contributed by atoms with van der Waals surface area (Å²) in [5.41, 5.74) is 1.10. The summed E-state index contributed by atoms with van der Waals surface area (Å²) in [6.07, 6.45) is 9.25. The van der Waals surface area contributed by atoms with Gasteiger partial charge < -0.3 is 14.5 Å².